The Hall–Kier alpha value is -2.45. The van der Waals surface area contributed by atoms with Gasteiger partial charge < -0.3 is 10.7 Å². The maximum atomic E-state index is 9.06. The number of benzene rings is 2. The lowest BCUT2D eigenvalue weighted by Crippen LogP contribution is -1.82. The van der Waals surface area contributed by atoms with Gasteiger partial charge in [-0.15, -0.1) is 0 Å². The van der Waals surface area contributed by atoms with Crippen LogP contribution in [0.3, 0.4) is 0 Å². The molecule has 0 saturated heterocycles. The van der Waals surface area contributed by atoms with Crippen LogP contribution in [0.5, 0.6) is 0 Å². The fourth-order valence-corrected chi connectivity index (χ4v) is 2.69. The molecular weight excluding hydrogens is 256 g/mol. The SMILES string of the molecule is N#Cc1ccccc1Sc1nc2ccc(N)cc2[nH]1. The molecule has 0 fully saturated rings. The highest BCUT2D eigenvalue weighted by molar-refractivity contribution is 7.99. The van der Waals surface area contributed by atoms with E-state index in [4.69, 9.17) is 11.0 Å². The molecule has 3 N–H and O–H groups in total. The molecule has 4 nitrogen and oxygen atoms in total. The normalized spacial score (nSPS) is 10.5. The molecule has 3 aromatic rings. The third kappa shape index (κ3) is 2.26. The van der Waals surface area contributed by atoms with Gasteiger partial charge in [-0.1, -0.05) is 23.9 Å². The van der Waals surface area contributed by atoms with E-state index in [-0.39, 0.29) is 0 Å². The lowest BCUT2D eigenvalue weighted by Gasteiger charge is -1.99. The highest BCUT2D eigenvalue weighted by Gasteiger charge is 2.07. The molecule has 3 rings (SSSR count). The Bertz CT molecular complexity index is 785. The predicted molar refractivity (Wildman–Crippen MR) is 75.8 cm³/mol. The fraction of sp³-hybridized carbons (Fsp3) is 0. The van der Waals surface area contributed by atoms with Gasteiger partial charge in [0.2, 0.25) is 0 Å². The Morgan fingerprint density at radius 1 is 1.21 bits per heavy atom. The van der Waals surface area contributed by atoms with Gasteiger partial charge in [0.05, 0.1) is 16.6 Å². The lowest BCUT2D eigenvalue weighted by atomic mass is 10.2. The summed E-state index contributed by atoms with van der Waals surface area (Å²) in [4.78, 5) is 8.55. The van der Waals surface area contributed by atoms with E-state index in [1.54, 1.807) is 6.07 Å². The van der Waals surface area contributed by atoms with Crippen molar-refractivity contribution in [1.29, 1.82) is 5.26 Å². The summed E-state index contributed by atoms with van der Waals surface area (Å²) in [6, 6.07) is 15.2. The molecule has 2 aromatic carbocycles. The number of rotatable bonds is 2. The number of nitrogen functional groups attached to an aromatic ring is 1. The quantitative estimate of drug-likeness (QED) is 0.698. The predicted octanol–water partition coefficient (Wildman–Crippen LogP) is 3.17. The molecule has 0 aliphatic carbocycles. The summed E-state index contributed by atoms with van der Waals surface area (Å²) in [7, 11) is 0. The van der Waals surface area contributed by atoms with Gasteiger partial charge in [0.1, 0.15) is 6.07 Å². The smallest absolute Gasteiger partial charge is 0.171 e. The third-order valence-corrected chi connectivity index (χ3v) is 3.66. The number of H-pyrrole nitrogens is 1. The van der Waals surface area contributed by atoms with Crippen molar-refractivity contribution in [2.45, 2.75) is 10.1 Å². The van der Waals surface area contributed by atoms with Crippen LogP contribution < -0.4 is 5.73 Å². The average Bonchev–Trinajstić information content (AvgIpc) is 2.80. The van der Waals surface area contributed by atoms with Gasteiger partial charge in [-0.3, -0.25) is 0 Å². The van der Waals surface area contributed by atoms with Crippen molar-refractivity contribution in [2.75, 3.05) is 5.73 Å². The summed E-state index contributed by atoms with van der Waals surface area (Å²) in [6.45, 7) is 0. The second kappa shape index (κ2) is 4.67. The Balaban J connectivity index is 1.99. The number of aromatic nitrogens is 2. The average molecular weight is 266 g/mol. The third-order valence-electron chi connectivity index (χ3n) is 2.70. The molecule has 0 bridgehead atoms. The van der Waals surface area contributed by atoms with Crippen LogP contribution >= 0.6 is 11.8 Å². The van der Waals surface area contributed by atoms with Crippen molar-refractivity contribution in [3.8, 4) is 6.07 Å². The van der Waals surface area contributed by atoms with E-state index in [9.17, 15) is 0 Å². The summed E-state index contributed by atoms with van der Waals surface area (Å²) in [5, 5.41) is 9.82. The Morgan fingerprint density at radius 3 is 2.89 bits per heavy atom. The van der Waals surface area contributed by atoms with E-state index in [0.717, 1.165) is 21.1 Å². The van der Waals surface area contributed by atoms with Crippen molar-refractivity contribution < 1.29 is 0 Å². The largest absolute Gasteiger partial charge is 0.399 e. The highest BCUT2D eigenvalue weighted by atomic mass is 32.2. The van der Waals surface area contributed by atoms with Gasteiger partial charge in [-0.05, 0) is 30.3 Å². The number of nitrogens with one attached hydrogen (secondary N) is 1. The van der Waals surface area contributed by atoms with Gasteiger partial charge in [-0.25, -0.2) is 4.98 Å². The summed E-state index contributed by atoms with van der Waals surface area (Å²) < 4.78 is 0. The zero-order valence-corrected chi connectivity index (χ0v) is 10.7. The zero-order chi connectivity index (χ0) is 13.2. The first-order chi connectivity index (χ1) is 9.26. The highest BCUT2D eigenvalue weighted by Crippen LogP contribution is 2.29. The van der Waals surface area contributed by atoms with Crippen LogP contribution in [0.15, 0.2) is 52.5 Å². The molecule has 19 heavy (non-hydrogen) atoms. The van der Waals surface area contributed by atoms with Crippen LogP contribution in [0.2, 0.25) is 0 Å². The van der Waals surface area contributed by atoms with E-state index < -0.39 is 0 Å². The number of hydrogen-bond donors (Lipinski definition) is 2. The minimum Gasteiger partial charge on any atom is -0.399 e. The molecule has 92 valence electrons. The van der Waals surface area contributed by atoms with E-state index in [1.165, 1.54) is 11.8 Å². The number of nitriles is 1. The second-order valence-electron chi connectivity index (χ2n) is 4.03. The van der Waals surface area contributed by atoms with Crippen molar-refractivity contribution >= 4 is 28.5 Å². The minimum atomic E-state index is 0.646. The number of fused-ring (bicyclic) bond motifs is 1. The molecule has 0 amide bonds. The number of imidazole rings is 1. The Kier molecular flexibility index (Phi) is 2.86. The van der Waals surface area contributed by atoms with E-state index in [2.05, 4.69) is 16.0 Å². The van der Waals surface area contributed by atoms with Crippen molar-refractivity contribution in [2.24, 2.45) is 0 Å². The molecule has 5 heteroatoms. The van der Waals surface area contributed by atoms with Crippen LogP contribution in [-0.2, 0) is 0 Å². The number of nitrogens with two attached hydrogens (primary N) is 1. The number of aromatic amines is 1. The second-order valence-corrected chi connectivity index (χ2v) is 5.06. The summed E-state index contributed by atoms with van der Waals surface area (Å²) in [5.74, 6) is 0. The Labute approximate surface area is 114 Å². The first-order valence-corrected chi connectivity index (χ1v) is 6.50. The number of hydrogen-bond acceptors (Lipinski definition) is 4. The van der Waals surface area contributed by atoms with E-state index >= 15 is 0 Å². The molecule has 0 aliphatic rings. The maximum absolute atomic E-state index is 9.06. The van der Waals surface area contributed by atoms with Crippen LogP contribution in [0.1, 0.15) is 5.56 Å². The van der Waals surface area contributed by atoms with Crippen LogP contribution in [-0.4, -0.2) is 9.97 Å². The summed E-state index contributed by atoms with van der Waals surface area (Å²) in [5.41, 5.74) is 8.85. The Morgan fingerprint density at radius 2 is 2.05 bits per heavy atom. The van der Waals surface area contributed by atoms with E-state index in [0.29, 0.717) is 11.3 Å². The molecule has 0 saturated carbocycles. The van der Waals surface area contributed by atoms with Crippen molar-refractivity contribution in [1.82, 2.24) is 9.97 Å². The first-order valence-electron chi connectivity index (χ1n) is 5.68. The molecule has 1 heterocycles. The molecule has 0 radical (unpaired) electrons. The fourth-order valence-electron chi connectivity index (χ4n) is 1.80. The zero-order valence-electron chi connectivity index (χ0n) is 9.92. The molecule has 0 aliphatic heterocycles. The number of nitrogens with zero attached hydrogens (tertiary/aromatic N) is 2. The van der Waals surface area contributed by atoms with Gasteiger partial charge in [-0.2, -0.15) is 5.26 Å². The van der Waals surface area contributed by atoms with Gasteiger partial charge in [0.25, 0.3) is 0 Å². The molecular formula is C14H10N4S. The number of anilines is 1. The molecule has 0 spiro atoms. The standard InChI is InChI=1S/C14H10N4S/c15-8-9-3-1-2-4-13(9)19-14-17-11-6-5-10(16)7-12(11)18-14/h1-7H,16H2,(H,17,18). The lowest BCUT2D eigenvalue weighted by molar-refractivity contribution is 1.08. The van der Waals surface area contributed by atoms with Gasteiger partial charge in [0, 0.05) is 10.6 Å². The molecule has 0 unspecified atom stereocenters. The topological polar surface area (TPSA) is 78.5 Å². The monoisotopic (exact) mass is 266 g/mol. The van der Waals surface area contributed by atoms with Crippen LogP contribution in [0, 0.1) is 11.3 Å². The van der Waals surface area contributed by atoms with Gasteiger partial charge >= 0.3 is 0 Å². The van der Waals surface area contributed by atoms with Crippen molar-refractivity contribution in [3.63, 3.8) is 0 Å². The van der Waals surface area contributed by atoms with Crippen molar-refractivity contribution in [3.05, 3.63) is 48.0 Å². The molecule has 0 atom stereocenters. The minimum absolute atomic E-state index is 0.646. The van der Waals surface area contributed by atoms with E-state index in [1.807, 2.05) is 36.4 Å². The summed E-state index contributed by atoms with van der Waals surface area (Å²) in [6.07, 6.45) is 0. The first kappa shape index (κ1) is 11.6. The maximum Gasteiger partial charge on any atom is 0.171 e. The molecule has 1 aromatic heterocycles. The van der Waals surface area contributed by atoms with Crippen LogP contribution in [0.25, 0.3) is 11.0 Å². The summed E-state index contributed by atoms with van der Waals surface area (Å²) >= 11 is 1.44. The van der Waals surface area contributed by atoms with Gasteiger partial charge in [0.15, 0.2) is 5.16 Å². The van der Waals surface area contributed by atoms with Crippen LogP contribution in [0.4, 0.5) is 5.69 Å².